The molecule has 126 valence electrons. The van der Waals surface area contributed by atoms with E-state index in [4.69, 9.17) is 5.11 Å². The van der Waals surface area contributed by atoms with Crippen LogP contribution in [0.25, 0.3) is 0 Å². The smallest absolute Gasteiger partial charge is 0.318 e. The molecule has 1 aliphatic heterocycles. The molecule has 1 aliphatic rings. The van der Waals surface area contributed by atoms with E-state index in [0.29, 0.717) is 0 Å². The quantitative estimate of drug-likeness (QED) is 0.717. The summed E-state index contributed by atoms with van der Waals surface area (Å²) in [5.74, 6) is -2.23. The van der Waals surface area contributed by atoms with Crippen molar-refractivity contribution in [3.63, 3.8) is 0 Å². The standard InChI is InChI=1S/C15H18F2N2O4/c16-9-3-4-12(17)11(6-9)13-7-10(20)8-19(13)15(23)18-5-1-2-14(21)22/h3-4,6,10,13,20H,1-2,5,7-8H2,(H,18,23)(H,21,22). The van der Waals surface area contributed by atoms with E-state index in [1.54, 1.807) is 0 Å². The highest BCUT2D eigenvalue weighted by Gasteiger charge is 2.36. The van der Waals surface area contributed by atoms with Crippen LogP contribution in [-0.4, -0.2) is 46.3 Å². The van der Waals surface area contributed by atoms with Crippen molar-refractivity contribution in [1.29, 1.82) is 0 Å². The van der Waals surface area contributed by atoms with Crippen LogP contribution in [0.4, 0.5) is 13.6 Å². The Morgan fingerprint density at radius 2 is 2.09 bits per heavy atom. The minimum atomic E-state index is -0.962. The lowest BCUT2D eigenvalue weighted by atomic mass is 10.0. The molecule has 2 atom stereocenters. The fourth-order valence-electron chi connectivity index (χ4n) is 2.64. The number of aliphatic hydroxyl groups excluding tert-OH is 1. The number of carboxylic acid groups (broad SMARTS) is 1. The van der Waals surface area contributed by atoms with Crippen molar-refractivity contribution in [3.8, 4) is 0 Å². The van der Waals surface area contributed by atoms with Gasteiger partial charge in [-0.15, -0.1) is 0 Å². The monoisotopic (exact) mass is 328 g/mol. The summed E-state index contributed by atoms with van der Waals surface area (Å²) in [7, 11) is 0. The Morgan fingerprint density at radius 1 is 1.35 bits per heavy atom. The molecular weight excluding hydrogens is 310 g/mol. The van der Waals surface area contributed by atoms with Gasteiger partial charge in [-0.3, -0.25) is 4.79 Å². The Balaban J connectivity index is 2.05. The van der Waals surface area contributed by atoms with E-state index in [2.05, 4.69) is 5.32 Å². The molecule has 8 heteroatoms. The molecule has 6 nitrogen and oxygen atoms in total. The van der Waals surface area contributed by atoms with Crippen LogP contribution < -0.4 is 5.32 Å². The molecule has 0 aromatic heterocycles. The first-order valence-electron chi connectivity index (χ1n) is 7.27. The lowest BCUT2D eigenvalue weighted by molar-refractivity contribution is -0.137. The fraction of sp³-hybridized carbons (Fsp3) is 0.467. The number of halogens is 2. The Labute approximate surface area is 131 Å². The molecule has 2 unspecified atom stereocenters. The van der Waals surface area contributed by atoms with Crippen molar-refractivity contribution in [1.82, 2.24) is 10.2 Å². The maximum atomic E-state index is 13.9. The number of benzene rings is 1. The van der Waals surface area contributed by atoms with Gasteiger partial charge in [0.25, 0.3) is 0 Å². The molecule has 1 fully saturated rings. The van der Waals surface area contributed by atoms with Crippen LogP contribution in [0.3, 0.4) is 0 Å². The fourth-order valence-corrected chi connectivity index (χ4v) is 2.64. The van der Waals surface area contributed by atoms with Gasteiger partial charge in [0.05, 0.1) is 12.1 Å². The average Bonchev–Trinajstić information content (AvgIpc) is 2.87. The van der Waals surface area contributed by atoms with E-state index in [1.807, 2.05) is 0 Å². The zero-order valence-electron chi connectivity index (χ0n) is 12.3. The minimum Gasteiger partial charge on any atom is -0.481 e. The lowest BCUT2D eigenvalue weighted by Crippen LogP contribution is -2.40. The molecule has 1 heterocycles. The number of rotatable bonds is 5. The van der Waals surface area contributed by atoms with Gasteiger partial charge in [-0.1, -0.05) is 0 Å². The number of β-amino-alcohol motifs (C(OH)–C–C–N with tert-alkyl or cyclic N) is 1. The summed E-state index contributed by atoms with van der Waals surface area (Å²) in [4.78, 5) is 23.8. The van der Waals surface area contributed by atoms with Crippen LogP contribution in [0.2, 0.25) is 0 Å². The van der Waals surface area contributed by atoms with Gasteiger partial charge >= 0.3 is 12.0 Å². The number of nitrogens with one attached hydrogen (secondary N) is 1. The topological polar surface area (TPSA) is 89.9 Å². The molecule has 0 saturated carbocycles. The van der Waals surface area contributed by atoms with Crippen LogP contribution in [0.15, 0.2) is 18.2 Å². The number of aliphatic carboxylic acids is 1. The largest absolute Gasteiger partial charge is 0.481 e. The number of urea groups is 1. The molecular formula is C15H18F2N2O4. The molecule has 0 radical (unpaired) electrons. The van der Waals surface area contributed by atoms with Crippen molar-refractivity contribution in [2.45, 2.75) is 31.4 Å². The second-order valence-corrected chi connectivity index (χ2v) is 5.45. The number of likely N-dealkylation sites (tertiary alicyclic amines) is 1. The van der Waals surface area contributed by atoms with Gasteiger partial charge in [0, 0.05) is 25.1 Å². The predicted molar refractivity (Wildman–Crippen MR) is 76.7 cm³/mol. The first kappa shape index (κ1) is 17.1. The first-order chi connectivity index (χ1) is 10.9. The number of hydrogen-bond donors (Lipinski definition) is 3. The molecule has 23 heavy (non-hydrogen) atoms. The summed E-state index contributed by atoms with van der Waals surface area (Å²) < 4.78 is 27.3. The second kappa shape index (κ2) is 7.36. The van der Waals surface area contributed by atoms with Crippen LogP contribution in [0.5, 0.6) is 0 Å². The lowest BCUT2D eigenvalue weighted by Gasteiger charge is -2.25. The van der Waals surface area contributed by atoms with Gasteiger partial charge in [0.15, 0.2) is 0 Å². The van der Waals surface area contributed by atoms with Gasteiger partial charge < -0.3 is 20.4 Å². The number of carbonyl (C=O) groups excluding carboxylic acids is 1. The highest BCUT2D eigenvalue weighted by Crippen LogP contribution is 2.33. The number of aliphatic hydroxyl groups is 1. The van der Waals surface area contributed by atoms with E-state index in [0.717, 1.165) is 18.2 Å². The number of carboxylic acids is 1. The normalized spacial score (nSPS) is 20.6. The van der Waals surface area contributed by atoms with Crippen LogP contribution in [0.1, 0.15) is 30.9 Å². The maximum absolute atomic E-state index is 13.9. The van der Waals surface area contributed by atoms with E-state index >= 15 is 0 Å². The summed E-state index contributed by atoms with van der Waals surface area (Å²) in [6.45, 7) is 0.154. The molecule has 1 saturated heterocycles. The Kier molecular flexibility index (Phi) is 5.49. The Hall–Kier alpha value is -2.22. The second-order valence-electron chi connectivity index (χ2n) is 5.45. The van der Waals surface area contributed by atoms with Crippen molar-refractivity contribution in [3.05, 3.63) is 35.4 Å². The van der Waals surface area contributed by atoms with Gasteiger partial charge in [-0.05, 0) is 31.0 Å². The number of amides is 2. The minimum absolute atomic E-state index is 0.00534. The van der Waals surface area contributed by atoms with Gasteiger partial charge in [-0.2, -0.15) is 0 Å². The van der Waals surface area contributed by atoms with Crippen molar-refractivity contribution < 1.29 is 28.6 Å². The van der Waals surface area contributed by atoms with Crippen LogP contribution in [0, 0.1) is 11.6 Å². The third-order valence-corrected chi connectivity index (χ3v) is 3.70. The summed E-state index contributed by atoms with van der Waals surface area (Å²) in [6.07, 6.45) is -0.531. The zero-order valence-corrected chi connectivity index (χ0v) is 12.3. The summed E-state index contributed by atoms with van der Waals surface area (Å²) in [5, 5.41) is 20.8. The van der Waals surface area contributed by atoms with E-state index in [1.165, 1.54) is 4.90 Å². The number of nitrogens with zero attached hydrogens (tertiary/aromatic N) is 1. The maximum Gasteiger partial charge on any atom is 0.318 e. The molecule has 0 aliphatic carbocycles. The number of carbonyl (C=O) groups is 2. The SMILES string of the molecule is O=C(O)CCCNC(=O)N1CC(O)CC1c1cc(F)ccc1F. The van der Waals surface area contributed by atoms with Crippen molar-refractivity contribution in [2.75, 3.05) is 13.1 Å². The molecule has 3 N–H and O–H groups in total. The van der Waals surface area contributed by atoms with Crippen LogP contribution in [-0.2, 0) is 4.79 Å². The van der Waals surface area contributed by atoms with Gasteiger partial charge in [0.2, 0.25) is 0 Å². The summed E-state index contributed by atoms with van der Waals surface area (Å²) in [6, 6.07) is 1.68. The number of hydrogen-bond acceptors (Lipinski definition) is 3. The summed E-state index contributed by atoms with van der Waals surface area (Å²) in [5.41, 5.74) is 0.0160. The van der Waals surface area contributed by atoms with Crippen LogP contribution >= 0.6 is 0 Å². The van der Waals surface area contributed by atoms with Gasteiger partial charge in [-0.25, -0.2) is 13.6 Å². The predicted octanol–water partition coefficient (Wildman–Crippen LogP) is 1.65. The first-order valence-corrected chi connectivity index (χ1v) is 7.27. The molecule has 0 bridgehead atoms. The van der Waals surface area contributed by atoms with Crippen molar-refractivity contribution in [2.24, 2.45) is 0 Å². The van der Waals surface area contributed by atoms with E-state index in [-0.39, 0.29) is 37.9 Å². The third kappa shape index (κ3) is 4.38. The molecule has 1 aromatic rings. The molecule has 2 amide bonds. The average molecular weight is 328 g/mol. The highest BCUT2D eigenvalue weighted by atomic mass is 19.1. The Bertz CT molecular complexity index is 597. The zero-order chi connectivity index (χ0) is 17.0. The van der Waals surface area contributed by atoms with E-state index in [9.17, 15) is 23.5 Å². The summed E-state index contributed by atoms with van der Waals surface area (Å²) >= 11 is 0. The van der Waals surface area contributed by atoms with Gasteiger partial charge in [0.1, 0.15) is 11.6 Å². The highest BCUT2D eigenvalue weighted by molar-refractivity contribution is 5.75. The third-order valence-electron chi connectivity index (χ3n) is 3.70. The molecule has 1 aromatic carbocycles. The molecule has 0 spiro atoms. The Morgan fingerprint density at radius 3 is 2.78 bits per heavy atom. The molecule has 2 rings (SSSR count). The van der Waals surface area contributed by atoms with Crippen molar-refractivity contribution >= 4 is 12.0 Å². The van der Waals surface area contributed by atoms with E-state index < -0.39 is 35.8 Å².